The van der Waals surface area contributed by atoms with Crippen LogP contribution in [0.1, 0.15) is 22.6 Å². The van der Waals surface area contributed by atoms with Gasteiger partial charge in [0, 0.05) is 18.3 Å². The van der Waals surface area contributed by atoms with E-state index in [1.807, 2.05) is 0 Å². The highest BCUT2D eigenvalue weighted by atomic mass is 19.4. The molecule has 0 fully saturated rings. The number of aromatic nitrogens is 2. The molecule has 0 aliphatic rings. The molecule has 1 N–H and O–H groups in total. The third kappa shape index (κ3) is 4.79. The summed E-state index contributed by atoms with van der Waals surface area (Å²) in [6.07, 6.45) is 0.894. The Hall–Kier alpha value is -3.55. The van der Waals surface area contributed by atoms with E-state index in [4.69, 9.17) is 4.42 Å². The fraction of sp³-hybridized carbons (Fsp3) is 0.100. The lowest BCUT2D eigenvalue weighted by atomic mass is 10.1. The van der Waals surface area contributed by atoms with E-state index in [-0.39, 0.29) is 11.4 Å². The number of halogens is 3. The molecule has 3 rings (SSSR count). The van der Waals surface area contributed by atoms with E-state index >= 15 is 0 Å². The molecule has 1 amide bonds. The average molecular weight is 387 g/mol. The summed E-state index contributed by atoms with van der Waals surface area (Å²) in [6, 6.07) is 10.2. The average Bonchev–Trinajstić information content (AvgIpc) is 3.29. The van der Waals surface area contributed by atoms with Crippen LogP contribution in [0.25, 0.3) is 12.2 Å². The Morgan fingerprint density at radius 1 is 1.21 bits per heavy atom. The van der Waals surface area contributed by atoms with E-state index in [1.165, 1.54) is 18.2 Å². The molecule has 0 atom stereocenters. The zero-order valence-electron chi connectivity index (χ0n) is 14.6. The van der Waals surface area contributed by atoms with Crippen LogP contribution in [0, 0.1) is 0 Å². The van der Waals surface area contributed by atoms with Gasteiger partial charge in [0.05, 0.1) is 12.1 Å². The quantitative estimate of drug-likeness (QED) is 0.616. The molecule has 2 heterocycles. The third-order valence-electron chi connectivity index (χ3n) is 3.77. The first-order valence-electron chi connectivity index (χ1n) is 8.25. The maximum atomic E-state index is 13.0. The lowest BCUT2D eigenvalue weighted by Crippen LogP contribution is -2.10. The van der Waals surface area contributed by atoms with Crippen LogP contribution in [-0.2, 0) is 17.5 Å². The highest BCUT2D eigenvalue weighted by molar-refractivity contribution is 6.01. The van der Waals surface area contributed by atoms with Crippen LogP contribution in [0.2, 0.25) is 0 Å². The third-order valence-corrected chi connectivity index (χ3v) is 3.77. The lowest BCUT2D eigenvalue weighted by molar-refractivity contribution is -0.137. The van der Waals surface area contributed by atoms with Crippen molar-refractivity contribution in [3.05, 3.63) is 84.0 Å². The molecule has 0 aliphatic carbocycles. The first-order valence-corrected chi connectivity index (χ1v) is 8.25. The SMILES string of the molecule is C=Cc1ccc(Cn2ccc(NC(=O)/C=C/c3ccccc3C(F)(F)F)n2)o1. The molecule has 0 aliphatic heterocycles. The number of amides is 1. The van der Waals surface area contributed by atoms with Crippen molar-refractivity contribution in [1.82, 2.24) is 9.78 Å². The molecular formula is C20H16F3N3O2. The van der Waals surface area contributed by atoms with Gasteiger partial charge in [-0.2, -0.15) is 18.3 Å². The van der Waals surface area contributed by atoms with Gasteiger partial charge < -0.3 is 9.73 Å². The topological polar surface area (TPSA) is 60.1 Å². The van der Waals surface area contributed by atoms with Gasteiger partial charge in [0.2, 0.25) is 5.91 Å². The minimum absolute atomic E-state index is 0.0912. The van der Waals surface area contributed by atoms with E-state index in [0.29, 0.717) is 18.1 Å². The van der Waals surface area contributed by atoms with Gasteiger partial charge in [0.1, 0.15) is 11.5 Å². The predicted octanol–water partition coefficient (Wildman–Crippen LogP) is 4.84. The number of hydrogen-bond donors (Lipinski definition) is 1. The summed E-state index contributed by atoms with van der Waals surface area (Å²) >= 11 is 0. The molecule has 8 heteroatoms. The molecule has 28 heavy (non-hydrogen) atoms. The summed E-state index contributed by atoms with van der Waals surface area (Å²) in [4.78, 5) is 12.0. The van der Waals surface area contributed by atoms with E-state index in [0.717, 1.165) is 18.2 Å². The first-order chi connectivity index (χ1) is 13.3. The summed E-state index contributed by atoms with van der Waals surface area (Å²) < 4.78 is 45.9. The van der Waals surface area contributed by atoms with E-state index in [9.17, 15) is 18.0 Å². The van der Waals surface area contributed by atoms with Crippen molar-refractivity contribution < 1.29 is 22.4 Å². The van der Waals surface area contributed by atoms with Gasteiger partial charge in [-0.25, -0.2) is 0 Å². The number of anilines is 1. The zero-order chi connectivity index (χ0) is 20.1. The normalized spacial score (nSPS) is 11.7. The van der Waals surface area contributed by atoms with Gasteiger partial charge in [0.15, 0.2) is 5.82 Å². The molecule has 144 valence electrons. The maximum Gasteiger partial charge on any atom is 0.416 e. The number of hydrogen-bond acceptors (Lipinski definition) is 3. The Bertz CT molecular complexity index is 1020. The van der Waals surface area contributed by atoms with Crippen molar-refractivity contribution in [2.75, 3.05) is 5.32 Å². The van der Waals surface area contributed by atoms with Crippen molar-refractivity contribution in [1.29, 1.82) is 0 Å². The molecule has 3 aromatic rings. The van der Waals surface area contributed by atoms with Crippen LogP contribution in [0.3, 0.4) is 0 Å². The van der Waals surface area contributed by atoms with E-state index in [1.54, 1.807) is 35.2 Å². The Morgan fingerprint density at radius 3 is 2.71 bits per heavy atom. The van der Waals surface area contributed by atoms with Crippen molar-refractivity contribution in [3.63, 3.8) is 0 Å². The van der Waals surface area contributed by atoms with Gasteiger partial charge in [-0.15, -0.1) is 0 Å². The molecular weight excluding hydrogens is 371 g/mol. The lowest BCUT2D eigenvalue weighted by Gasteiger charge is -2.09. The fourth-order valence-electron chi connectivity index (χ4n) is 2.50. The number of carbonyl (C=O) groups excluding carboxylic acids is 1. The Balaban J connectivity index is 1.64. The highest BCUT2D eigenvalue weighted by Gasteiger charge is 2.32. The van der Waals surface area contributed by atoms with E-state index < -0.39 is 17.6 Å². The van der Waals surface area contributed by atoms with Gasteiger partial charge in [-0.3, -0.25) is 9.48 Å². The second-order valence-electron chi connectivity index (χ2n) is 5.81. The van der Waals surface area contributed by atoms with Crippen molar-refractivity contribution in [2.45, 2.75) is 12.7 Å². The van der Waals surface area contributed by atoms with Crippen LogP contribution < -0.4 is 5.32 Å². The number of alkyl halides is 3. The van der Waals surface area contributed by atoms with Crippen LogP contribution in [0.15, 0.2) is 65.7 Å². The Kier molecular flexibility index (Phi) is 5.49. The number of rotatable bonds is 6. The maximum absolute atomic E-state index is 13.0. The molecule has 0 saturated carbocycles. The van der Waals surface area contributed by atoms with E-state index in [2.05, 4.69) is 17.0 Å². The van der Waals surface area contributed by atoms with Crippen LogP contribution in [-0.4, -0.2) is 15.7 Å². The summed E-state index contributed by atoms with van der Waals surface area (Å²) in [5.41, 5.74) is -0.896. The molecule has 2 aromatic heterocycles. The summed E-state index contributed by atoms with van der Waals surface area (Å²) in [5.74, 6) is 0.989. The van der Waals surface area contributed by atoms with Gasteiger partial charge in [-0.05, 0) is 35.9 Å². The smallest absolute Gasteiger partial charge is 0.416 e. The Labute approximate surface area is 158 Å². The number of benzene rings is 1. The molecule has 0 radical (unpaired) electrons. The highest BCUT2D eigenvalue weighted by Crippen LogP contribution is 2.32. The Morgan fingerprint density at radius 2 is 2.00 bits per heavy atom. The monoisotopic (exact) mass is 387 g/mol. The molecule has 0 bridgehead atoms. The minimum atomic E-state index is -4.49. The number of furan rings is 1. The summed E-state index contributed by atoms with van der Waals surface area (Å²) in [5, 5.41) is 6.68. The molecule has 5 nitrogen and oxygen atoms in total. The number of nitrogens with zero attached hydrogens (tertiary/aromatic N) is 2. The molecule has 0 spiro atoms. The molecule has 0 saturated heterocycles. The van der Waals surface area contributed by atoms with Gasteiger partial charge in [0.25, 0.3) is 0 Å². The predicted molar refractivity (Wildman–Crippen MR) is 99.2 cm³/mol. The van der Waals surface area contributed by atoms with Crippen molar-refractivity contribution in [3.8, 4) is 0 Å². The molecule has 1 aromatic carbocycles. The first kappa shape index (κ1) is 19.2. The van der Waals surface area contributed by atoms with Gasteiger partial charge >= 0.3 is 6.18 Å². The molecule has 0 unspecified atom stereocenters. The number of nitrogens with one attached hydrogen (secondary N) is 1. The fourth-order valence-corrected chi connectivity index (χ4v) is 2.50. The second kappa shape index (κ2) is 7.99. The van der Waals surface area contributed by atoms with Gasteiger partial charge in [-0.1, -0.05) is 24.8 Å². The summed E-state index contributed by atoms with van der Waals surface area (Å²) in [6.45, 7) is 3.97. The zero-order valence-corrected chi connectivity index (χ0v) is 14.6. The number of carbonyl (C=O) groups is 1. The standard InChI is InChI=1S/C20H16F3N3O2/c1-2-15-8-9-16(28-15)13-26-12-11-18(25-26)24-19(27)10-7-14-5-3-4-6-17(14)20(21,22)23/h2-12H,1,13H2,(H,24,25,27)/b10-7+. The van der Waals surface area contributed by atoms with Crippen molar-refractivity contribution >= 4 is 23.9 Å². The minimum Gasteiger partial charge on any atom is -0.460 e. The summed E-state index contributed by atoms with van der Waals surface area (Å²) in [7, 11) is 0. The largest absolute Gasteiger partial charge is 0.460 e. The second-order valence-corrected chi connectivity index (χ2v) is 5.81. The van der Waals surface area contributed by atoms with Crippen LogP contribution in [0.5, 0.6) is 0 Å². The van der Waals surface area contributed by atoms with Crippen molar-refractivity contribution in [2.24, 2.45) is 0 Å². The van der Waals surface area contributed by atoms with Crippen LogP contribution >= 0.6 is 0 Å². The van der Waals surface area contributed by atoms with Crippen LogP contribution in [0.4, 0.5) is 19.0 Å².